The highest BCUT2D eigenvalue weighted by atomic mass is 127. The third-order valence-electron chi connectivity index (χ3n) is 2.68. The summed E-state index contributed by atoms with van der Waals surface area (Å²) in [6, 6.07) is 8.37. The third-order valence-corrected chi connectivity index (χ3v) is 3.66. The molecule has 0 aliphatic rings. The van der Waals surface area contributed by atoms with Gasteiger partial charge in [0, 0.05) is 16.8 Å². The molecule has 4 nitrogen and oxygen atoms in total. The molecular weight excluding hydrogens is 327 g/mol. The maximum atomic E-state index is 5.65. The van der Waals surface area contributed by atoms with Crippen LogP contribution in [0.5, 0.6) is 0 Å². The zero-order valence-corrected chi connectivity index (χ0v) is 11.8. The maximum Gasteiger partial charge on any atom is 0.0522 e. The molecular formula is C12H15IN4. The van der Waals surface area contributed by atoms with Crippen LogP contribution in [0.3, 0.4) is 0 Å². The molecule has 1 unspecified atom stereocenters. The van der Waals surface area contributed by atoms with Gasteiger partial charge in [-0.05, 0) is 46.2 Å². The van der Waals surface area contributed by atoms with Gasteiger partial charge >= 0.3 is 0 Å². The second-order valence-corrected chi connectivity index (χ2v) is 5.13. The Morgan fingerprint density at radius 3 is 2.82 bits per heavy atom. The Morgan fingerprint density at radius 2 is 2.24 bits per heavy atom. The van der Waals surface area contributed by atoms with Gasteiger partial charge in [0.25, 0.3) is 0 Å². The molecule has 1 aromatic carbocycles. The van der Waals surface area contributed by atoms with Crippen molar-refractivity contribution in [2.24, 2.45) is 12.9 Å². The van der Waals surface area contributed by atoms with Gasteiger partial charge in [0.05, 0.1) is 12.2 Å². The summed E-state index contributed by atoms with van der Waals surface area (Å²) in [5.74, 6) is 5.65. The molecule has 5 heteroatoms. The Morgan fingerprint density at radius 1 is 1.47 bits per heavy atom. The Kier molecular flexibility index (Phi) is 4.14. The predicted octanol–water partition coefficient (Wildman–Crippen LogP) is 1.77. The van der Waals surface area contributed by atoms with Gasteiger partial charge in [-0.2, -0.15) is 5.10 Å². The van der Waals surface area contributed by atoms with Crippen LogP contribution in [0.25, 0.3) is 0 Å². The molecule has 1 aromatic heterocycles. The van der Waals surface area contributed by atoms with E-state index in [0.717, 1.165) is 6.42 Å². The molecule has 90 valence electrons. The van der Waals surface area contributed by atoms with E-state index < -0.39 is 0 Å². The van der Waals surface area contributed by atoms with Crippen molar-refractivity contribution in [1.82, 2.24) is 15.2 Å². The highest BCUT2D eigenvalue weighted by molar-refractivity contribution is 14.1. The summed E-state index contributed by atoms with van der Waals surface area (Å²) in [6.45, 7) is 0. The Bertz CT molecular complexity index is 495. The molecule has 3 N–H and O–H groups in total. The summed E-state index contributed by atoms with van der Waals surface area (Å²) < 4.78 is 3.02. The average molecular weight is 342 g/mol. The van der Waals surface area contributed by atoms with Crippen LogP contribution in [-0.2, 0) is 13.5 Å². The lowest BCUT2D eigenvalue weighted by atomic mass is 10.0. The standard InChI is InChI=1S/C12H15IN4/c1-17-8-9(7-15-17)6-12(16-14)10-4-2-3-5-11(10)13/h2-5,7-8,12,16H,6,14H2,1H3. The lowest BCUT2D eigenvalue weighted by Crippen LogP contribution is -2.30. The zero-order chi connectivity index (χ0) is 12.3. The molecule has 17 heavy (non-hydrogen) atoms. The van der Waals surface area contributed by atoms with Crippen molar-refractivity contribution in [1.29, 1.82) is 0 Å². The summed E-state index contributed by atoms with van der Waals surface area (Å²) in [6.07, 6.45) is 4.73. The Balaban J connectivity index is 2.20. The number of hydrazine groups is 1. The van der Waals surface area contributed by atoms with Crippen molar-refractivity contribution < 1.29 is 0 Å². The first-order chi connectivity index (χ1) is 8.20. The molecule has 2 rings (SSSR count). The van der Waals surface area contributed by atoms with E-state index >= 15 is 0 Å². The summed E-state index contributed by atoms with van der Waals surface area (Å²) in [5, 5.41) is 4.17. The van der Waals surface area contributed by atoms with E-state index in [4.69, 9.17) is 5.84 Å². The molecule has 2 aromatic rings. The average Bonchev–Trinajstić information content (AvgIpc) is 2.73. The lowest BCUT2D eigenvalue weighted by molar-refractivity contribution is 0.549. The number of nitrogens with zero attached hydrogens (tertiary/aromatic N) is 2. The number of halogens is 1. The number of rotatable bonds is 4. The number of nitrogens with two attached hydrogens (primary N) is 1. The number of aryl methyl sites for hydroxylation is 1. The second-order valence-electron chi connectivity index (χ2n) is 3.97. The van der Waals surface area contributed by atoms with Crippen molar-refractivity contribution in [2.45, 2.75) is 12.5 Å². The molecule has 0 bridgehead atoms. The van der Waals surface area contributed by atoms with Crippen LogP contribution in [-0.4, -0.2) is 9.78 Å². The SMILES string of the molecule is Cn1cc(CC(NN)c2ccccc2I)cn1. The summed E-state index contributed by atoms with van der Waals surface area (Å²) >= 11 is 2.33. The molecule has 0 aliphatic carbocycles. The van der Waals surface area contributed by atoms with Gasteiger partial charge in [0.15, 0.2) is 0 Å². The minimum atomic E-state index is 0.118. The van der Waals surface area contributed by atoms with Gasteiger partial charge in [0.2, 0.25) is 0 Å². The fourth-order valence-electron chi connectivity index (χ4n) is 1.83. The molecule has 0 spiro atoms. The van der Waals surface area contributed by atoms with Crippen molar-refractivity contribution in [3.05, 3.63) is 51.4 Å². The minimum absolute atomic E-state index is 0.118. The molecule has 1 heterocycles. The van der Waals surface area contributed by atoms with Crippen LogP contribution in [0.1, 0.15) is 17.2 Å². The summed E-state index contributed by atoms with van der Waals surface area (Å²) in [4.78, 5) is 0. The van der Waals surface area contributed by atoms with E-state index in [1.54, 1.807) is 4.68 Å². The second kappa shape index (κ2) is 5.61. The van der Waals surface area contributed by atoms with E-state index in [2.05, 4.69) is 45.2 Å². The topological polar surface area (TPSA) is 55.9 Å². The zero-order valence-electron chi connectivity index (χ0n) is 9.60. The Hall–Kier alpha value is -0.920. The lowest BCUT2D eigenvalue weighted by Gasteiger charge is -2.16. The molecule has 0 radical (unpaired) electrons. The van der Waals surface area contributed by atoms with Gasteiger partial charge in [-0.25, -0.2) is 0 Å². The first-order valence-corrected chi connectivity index (χ1v) is 6.46. The highest BCUT2D eigenvalue weighted by Gasteiger charge is 2.13. The molecule has 0 saturated carbocycles. The van der Waals surface area contributed by atoms with Crippen molar-refractivity contribution in [3.8, 4) is 0 Å². The number of nitrogens with one attached hydrogen (secondary N) is 1. The summed E-state index contributed by atoms with van der Waals surface area (Å²) in [5.41, 5.74) is 5.27. The fraction of sp³-hybridized carbons (Fsp3) is 0.250. The van der Waals surface area contributed by atoms with Crippen LogP contribution >= 0.6 is 22.6 Å². The van der Waals surface area contributed by atoms with Gasteiger partial charge in [-0.3, -0.25) is 16.0 Å². The number of benzene rings is 1. The van der Waals surface area contributed by atoms with Crippen molar-refractivity contribution in [3.63, 3.8) is 0 Å². The molecule has 0 saturated heterocycles. The van der Waals surface area contributed by atoms with E-state index in [1.807, 2.05) is 31.6 Å². The van der Waals surface area contributed by atoms with E-state index in [-0.39, 0.29) is 6.04 Å². The van der Waals surface area contributed by atoms with Crippen molar-refractivity contribution in [2.75, 3.05) is 0 Å². The quantitative estimate of drug-likeness (QED) is 0.506. The van der Waals surface area contributed by atoms with Gasteiger partial charge in [0.1, 0.15) is 0 Å². The van der Waals surface area contributed by atoms with Gasteiger partial charge in [-0.1, -0.05) is 18.2 Å². The molecule has 0 amide bonds. The molecule has 0 aliphatic heterocycles. The van der Waals surface area contributed by atoms with Crippen LogP contribution in [0.4, 0.5) is 0 Å². The van der Waals surface area contributed by atoms with E-state index in [9.17, 15) is 0 Å². The van der Waals surface area contributed by atoms with Crippen molar-refractivity contribution >= 4 is 22.6 Å². The first kappa shape index (κ1) is 12.5. The largest absolute Gasteiger partial charge is 0.276 e. The molecule has 1 atom stereocenters. The van der Waals surface area contributed by atoms with Gasteiger partial charge < -0.3 is 0 Å². The first-order valence-electron chi connectivity index (χ1n) is 5.39. The smallest absolute Gasteiger partial charge is 0.0522 e. The maximum absolute atomic E-state index is 5.65. The van der Waals surface area contributed by atoms with E-state index in [1.165, 1.54) is 14.7 Å². The monoisotopic (exact) mass is 342 g/mol. The van der Waals surface area contributed by atoms with Crippen LogP contribution in [0.2, 0.25) is 0 Å². The van der Waals surface area contributed by atoms with Crippen LogP contribution in [0.15, 0.2) is 36.7 Å². The number of hydrogen-bond donors (Lipinski definition) is 2. The normalized spacial score (nSPS) is 12.6. The predicted molar refractivity (Wildman–Crippen MR) is 76.1 cm³/mol. The summed E-state index contributed by atoms with van der Waals surface area (Å²) in [7, 11) is 1.92. The fourth-order valence-corrected chi connectivity index (χ4v) is 2.59. The third kappa shape index (κ3) is 3.05. The van der Waals surface area contributed by atoms with Crippen LogP contribution in [0, 0.1) is 3.57 Å². The van der Waals surface area contributed by atoms with Gasteiger partial charge in [-0.15, -0.1) is 0 Å². The van der Waals surface area contributed by atoms with E-state index in [0.29, 0.717) is 0 Å². The Labute approximate surface area is 114 Å². The minimum Gasteiger partial charge on any atom is -0.276 e. The number of hydrogen-bond acceptors (Lipinski definition) is 3. The molecule has 0 fully saturated rings. The highest BCUT2D eigenvalue weighted by Crippen LogP contribution is 2.22. The number of aromatic nitrogens is 2. The van der Waals surface area contributed by atoms with Crippen LogP contribution < -0.4 is 11.3 Å².